The molecule has 7 heteroatoms. The second-order valence-corrected chi connectivity index (χ2v) is 6.30. The highest BCUT2D eigenvalue weighted by molar-refractivity contribution is 7.89. The van der Waals surface area contributed by atoms with Gasteiger partial charge in [0.05, 0.1) is 11.5 Å². The lowest BCUT2D eigenvalue weighted by atomic mass is 10.1. The van der Waals surface area contributed by atoms with Gasteiger partial charge in [-0.05, 0) is 25.0 Å². The molecule has 1 rings (SSSR count). The molecule has 0 bridgehead atoms. The Morgan fingerprint density at radius 1 is 1.40 bits per heavy atom. The van der Waals surface area contributed by atoms with Crippen LogP contribution in [0.5, 0.6) is 5.75 Å². The van der Waals surface area contributed by atoms with Crippen LogP contribution >= 0.6 is 0 Å². The van der Waals surface area contributed by atoms with Gasteiger partial charge >= 0.3 is 5.97 Å². The first kappa shape index (κ1) is 16.5. The molecular weight excluding hydrogens is 282 g/mol. The molecule has 0 heterocycles. The van der Waals surface area contributed by atoms with Crippen molar-refractivity contribution < 1.29 is 23.1 Å². The van der Waals surface area contributed by atoms with Crippen LogP contribution in [-0.2, 0) is 14.8 Å². The average molecular weight is 301 g/mol. The molecule has 0 aromatic heterocycles. The smallest absolute Gasteiger partial charge is 0.322 e. The van der Waals surface area contributed by atoms with Crippen LogP contribution in [0.2, 0.25) is 0 Å². The van der Waals surface area contributed by atoms with Crippen LogP contribution in [0.3, 0.4) is 0 Å². The first-order valence-corrected chi connectivity index (χ1v) is 7.74. The SMILES string of the molecule is CCOc1cccc(S(=O)(=O)N[C@@H](C(=O)O)C(C)C)c1. The fourth-order valence-electron chi connectivity index (χ4n) is 1.60. The van der Waals surface area contributed by atoms with Gasteiger partial charge in [0, 0.05) is 6.07 Å². The maximum atomic E-state index is 12.2. The van der Waals surface area contributed by atoms with Gasteiger partial charge in [0.2, 0.25) is 10.0 Å². The molecule has 20 heavy (non-hydrogen) atoms. The van der Waals surface area contributed by atoms with E-state index < -0.39 is 22.0 Å². The fraction of sp³-hybridized carbons (Fsp3) is 0.462. The highest BCUT2D eigenvalue weighted by Crippen LogP contribution is 2.18. The minimum atomic E-state index is -3.90. The van der Waals surface area contributed by atoms with Gasteiger partial charge in [-0.3, -0.25) is 4.79 Å². The minimum absolute atomic E-state index is 0.0182. The summed E-state index contributed by atoms with van der Waals surface area (Å²) in [5.74, 6) is -1.14. The van der Waals surface area contributed by atoms with E-state index in [1.807, 2.05) is 0 Å². The predicted octanol–water partition coefficient (Wildman–Crippen LogP) is 1.47. The van der Waals surface area contributed by atoms with Crippen molar-refractivity contribution in [2.24, 2.45) is 5.92 Å². The average Bonchev–Trinajstić information content (AvgIpc) is 2.36. The van der Waals surface area contributed by atoms with E-state index in [4.69, 9.17) is 9.84 Å². The maximum Gasteiger partial charge on any atom is 0.322 e. The molecule has 0 spiro atoms. The zero-order chi connectivity index (χ0) is 15.3. The zero-order valence-corrected chi connectivity index (χ0v) is 12.5. The predicted molar refractivity (Wildman–Crippen MR) is 74.2 cm³/mol. The molecule has 2 N–H and O–H groups in total. The second kappa shape index (κ2) is 6.71. The van der Waals surface area contributed by atoms with Crippen LogP contribution in [0.15, 0.2) is 29.2 Å². The number of sulfonamides is 1. The molecule has 0 aliphatic rings. The van der Waals surface area contributed by atoms with E-state index in [1.165, 1.54) is 12.1 Å². The summed E-state index contributed by atoms with van der Waals surface area (Å²) in [6.07, 6.45) is 0. The Kier molecular flexibility index (Phi) is 5.52. The van der Waals surface area contributed by atoms with Crippen molar-refractivity contribution >= 4 is 16.0 Å². The fourth-order valence-corrected chi connectivity index (χ4v) is 2.98. The van der Waals surface area contributed by atoms with Gasteiger partial charge in [-0.2, -0.15) is 4.72 Å². The van der Waals surface area contributed by atoms with Crippen molar-refractivity contribution in [3.05, 3.63) is 24.3 Å². The highest BCUT2D eigenvalue weighted by atomic mass is 32.2. The first-order chi connectivity index (χ1) is 9.27. The third kappa shape index (κ3) is 4.21. The van der Waals surface area contributed by atoms with Crippen molar-refractivity contribution in [2.45, 2.75) is 31.7 Å². The number of carbonyl (C=O) groups is 1. The van der Waals surface area contributed by atoms with Gasteiger partial charge in [0.1, 0.15) is 11.8 Å². The molecule has 0 fully saturated rings. The molecule has 0 aliphatic heterocycles. The lowest BCUT2D eigenvalue weighted by molar-refractivity contribution is -0.140. The molecule has 1 atom stereocenters. The number of nitrogens with one attached hydrogen (secondary N) is 1. The molecule has 0 saturated heterocycles. The maximum absolute atomic E-state index is 12.2. The summed E-state index contributed by atoms with van der Waals surface area (Å²) in [5.41, 5.74) is 0. The summed E-state index contributed by atoms with van der Waals surface area (Å²) in [6, 6.07) is 4.77. The largest absolute Gasteiger partial charge is 0.494 e. The van der Waals surface area contributed by atoms with Crippen LogP contribution in [0.1, 0.15) is 20.8 Å². The number of hydrogen-bond donors (Lipinski definition) is 2. The molecule has 0 amide bonds. The number of carboxylic acids is 1. The van der Waals surface area contributed by atoms with Gasteiger partial charge in [-0.25, -0.2) is 8.42 Å². The topological polar surface area (TPSA) is 92.7 Å². The van der Waals surface area contributed by atoms with E-state index in [9.17, 15) is 13.2 Å². The summed E-state index contributed by atoms with van der Waals surface area (Å²) in [4.78, 5) is 11.0. The van der Waals surface area contributed by atoms with E-state index >= 15 is 0 Å². The van der Waals surface area contributed by atoms with Crippen molar-refractivity contribution in [3.63, 3.8) is 0 Å². The van der Waals surface area contributed by atoms with Crippen molar-refractivity contribution in [2.75, 3.05) is 6.61 Å². The lowest BCUT2D eigenvalue weighted by Gasteiger charge is -2.18. The van der Waals surface area contributed by atoms with Gasteiger partial charge in [-0.15, -0.1) is 0 Å². The molecular formula is C13H19NO5S. The van der Waals surface area contributed by atoms with Crippen LogP contribution in [0, 0.1) is 5.92 Å². The Labute approximate surface area is 118 Å². The van der Waals surface area contributed by atoms with Crippen LogP contribution < -0.4 is 9.46 Å². The monoisotopic (exact) mass is 301 g/mol. The van der Waals surface area contributed by atoms with E-state index in [1.54, 1.807) is 32.9 Å². The Morgan fingerprint density at radius 3 is 2.55 bits per heavy atom. The van der Waals surface area contributed by atoms with E-state index in [0.717, 1.165) is 0 Å². The molecule has 112 valence electrons. The Balaban J connectivity index is 3.04. The number of hydrogen-bond acceptors (Lipinski definition) is 4. The molecule has 6 nitrogen and oxygen atoms in total. The summed E-state index contributed by atoms with van der Waals surface area (Å²) < 4.78 is 31.8. The summed E-state index contributed by atoms with van der Waals surface area (Å²) in [5, 5.41) is 9.04. The molecule has 0 radical (unpaired) electrons. The van der Waals surface area contributed by atoms with Crippen molar-refractivity contribution in [1.29, 1.82) is 0 Å². The first-order valence-electron chi connectivity index (χ1n) is 6.26. The van der Waals surface area contributed by atoms with Gasteiger partial charge in [0.25, 0.3) is 0 Å². The highest BCUT2D eigenvalue weighted by Gasteiger charge is 2.28. The van der Waals surface area contributed by atoms with Gasteiger partial charge < -0.3 is 9.84 Å². The zero-order valence-electron chi connectivity index (χ0n) is 11.7. The van der Waals surface area contributed by atoms with E-state index in [-0.39, 0.29) is 10.8 Å². The molecule has 0 aliphatic carbocycles. The second-order valence-electron chi connectivity index (χ2n) is 4.59. The standard InChI is InChI=1S/C13H19NO5S/c1-4-19-10-6-5-7-11(8-10)20(17,18)14-12(9(2)3)13(15)16/h5-9,12,14H,4H2,1-3H3,(H,15,16)/t12-/m1/s1. The Hall–Kier alpha value is -1.60. The Morgan fingerprint density at radius 2 is 2.05 bits per heavy atom. The minimum Gasteiger partial charge on any atom is -0.494 e. The number of rotatable bonds is 7. The number of benzene rings is 1. The quantitative estimate of drug-likeness (QED) is 0.795. The summed E-state index contributed by atoms with van der Waals surface area (Å²) >= 11 is 0. The van der Waals surface area contributed by atoms with E-state index in [2.05, 4.69) is 4.72 Å². The molecule has 0 saturated carbocycles. The van der Waals surface area contributed by atoms with Gasteiger partial charge in [-0.1, -0.05) is 19.9 Å². The third-order valence-electron chi connectivity index (χ3n) is 2.64. The summed E-state index contributed by atoms with van der Waals surface area (Å²) in [7, 11) is -3.90. The normalized spacial score (nSPS) is 13.2. The molecule has 1 aromatic carbocycles. The van der Waals surface area contributed by atoms with Crippen LogP contribution in [0.25, 0.3) is 0 Å². The number of ether oxygens (including phenoxy) is 1. The molecule has 1 aromatic rings. The lowest BCUT2D eigenvalue weighted by Crippen LogP contribution is -2.44. The summed E-state index contributed by atoms with van der Waals surface area (Å²) in [6.45, 7) is 5.48. The van der Waals surface area contributed by atoms with Crippen LogP contribution in [-0.4, -0.2) is 32.1 Å². The van der Waals surface area contributed by atoms with Gasteiger partial charge in [0.15, 0.2) is 0 Å². The van der Waals surface area contributed by atoms with E-state index in [0.29, 0.717) is 12.4 Å². The number of carboxylic acid groups (broad SMARTS) is 1. The number of aliphatic carboxylic acids is 1. The third-order valence-corrected chi connectivity index (χ3v) is 4.08. The molecule has 0 unspecified atom stereocenters. The van der Waals surface area contributed by atoms with Crippen LogP contribution in [0.4, 0.5) is 0 Å². The van der Waals surface area contributed by atoms with Crippen molar-refractivity contribution in [1.82, 2.24) is 4.72 Å². The Bertz CT molecular complexity index is 568. The van der Waals surface area contributed by atoms with Crippen molar-refractivity contribution in [3.8, 4) is 5.75 Å².